The zero-order valence-corrected chi connectivity index (χ0v) is 11.6. The van der Waals surface area contributed by atoms with Crippen molar-refractivity contribution in [1.82, 2.24) is 9.78 Å². The smallest absolute Gasteiger partial charge is 0.308 e. The first-order valence-corrected chi connectivity index (χ1v) is 6.27. The van der Waals surface area contributed by atoms with E-state index in [1.807, 2.05) is 26.8 Å². The van der Waals surface area contributed by atoms with Crippen LogP contribution in [-0.2, 0) is 15.1 Å². The van der Waals surface area contributed by atoms with Crippen molar-refractivity contribution in [2.45, 2.75) is 32.7 Å². The van der Waals surface area contributed by atoms with Gasteiger partial charge < -0.3 is 5.11 Å². The van der Waals surface area contributed by atoms with Crippen LogP contribution in [0, 0.1) is 17.2 Å². The summed E-state index contributed by atoms with van der Waals surface area (Å²) in [6.45, 7) is 5.78. The second kappa shape index (κ2) is 4.63. The molecular formula is C13H16N4O3. The van der Waals surface area contributed by atoms with Crippen molar-refractivity contribution in [2.24, 2.45) is 5.92 Å². The summed E-state index contributed by atoms with van der Waals surface area (Å²) in [6, 6.07) is 2.00. The number of carbonyl (C=O) groups is 2. The topological polar surface area (TPSA) is 99.2 Å². The predicted molar refractivity (Wildman–Crippen MR) is 70.0 cm³/mol. The van der Waals surface area contributed by atoms with Crippen molar-refractivity contribution in [3.63, 3.8) is 0 Å². The lowest BCUT2D eigenvalue weighted by Crippen LogP contribution is -2.33. The number of carbonyl (C=O) groups excluding carboxylic acids is 1. The molecule has 1 N–H and O–H groups in total. The lowest BCUT2D eigenvalue weighted by Gasteiger charge is -2.26. The molecular weight excluding hydrogens is 260 g/mol. The van der Waals surface area contributed by atoms with Crippen molar-refractivity contribution in [2.75, 3.05) is 11.4 Å². The summed E-state index contributed by atoms with van der Waals surface area (Å²) in [7, 11) is 0. The van der Waals surface area contributed by atoms with E-state index in [0.29, 0.717) is 5.82 Å². The van der Waals surface area contributed by atoms with Crippen molar-refractivity contribution in [3.8, 4) is 6.07 Å². The zero-order valence-electron chi connectivity index (χ0n) is 11.6. The maximum Gasteiger partial charge on any atom is 0.308 e. The summed E-state index contributed by atoms with van der Waals surface area (Å²) in [5, 5.41) is 22.4. The number of aliphatic carboxylic acids is 1. The Kier molecular flexibility index (Phi) is 3.26. The van der Waals surface area contributed by atoms with Gasteiger partial charge in [-0.3, -0.25) is 14.5 Å². The minimum Gasteiger partial charge on any atom is -0.481 e. The van der Waals surface area contributed by atoms with E-state index in [2.05, 4.69) is 5.10 Å². The van der Waals surface area contributed by atoms with Crippen LogP contribution >= 0.6 is 0 Å². The van der Waals surface area contributed by atoms with E-state index >= 15 is 0 Å². The molecule has 2 heterocycles. The van der Waals surface area contributed by atoms with Gasteiger partial charge in [-0.2, -0.15) is 10.4 Å². The van der Waals surface area contributed by atoms with E-state index in [1.165, 1.54) is 11.1 Å². The predicted octanol–water partition coefficient (Wildman–Crippen LogP) is 0.947. The molecule has 7 heteroatoms. The Morgan fingerprint density at radius 3 is 2.65 bits per heavy atom. The largest absolute Gasteiger partial charge is 0.481 e. The van der Waals surface area contributed by atoms with Gasteiger partial charge in [-0.1, -0.05) is 0 Å². The maximum atomic E-state index is 12.0. The molecule has 7 nitrogen and oxygen atoms in total. The summed E-state index contributed by atoms with van der Waals surface area (Å²) < 4.78 is 1.59. The second-order valence-electron chi connectivity index (χ2n) is 5.82. The van der Waals surface area contributed by atoms with Crippen molar-refractivity contribution < 1.29 is 14.7 Å². The Morgan fingerprint density at radius 1 is 1.55 bits per heavy atom. The molecule has 1 saturated heterocycles. The summed E-state index contributed by atoms with van der Waals surface area (Å²) in [5.41, 5.74) is -0.134. The Hall–Kier alpha value is -2.36. The first-order valence-electron chi connectivity index (χ1n) is 6.27. The van der Waals surface area contributed by atoms with Crippen LogP contribution in [0.1, 0.15) is 32.8 Å². The van der Waals surface area contributed by atoms with Gasteiger partial charge >= 0.3 is 5.97 Å². The monoisotopic (exact) mass is 276 g/mol. The highest BCUT2D eigenvalue weighted by atomic mass is 16.4. The van der Waals surface area contributed by atoms with Gasteiger partial charge in [-0.15, -0.1) is 0 Å². The van der Waals surface area contributed by atoms with Crippen LogP contribution < -0.4 is 4.90 Å². The number of nitriles is 1. The Morgan fingerprint density at radius 2 is 2.20 bits per heavy atom. The second-order valence-corrected chi connectivity index (χ2v) is 5.82. The van der Waals surface area contributed by atoms with Crippen molar-refractivity contribution in [1.29, 1.82) is 5.26 Å². The summed E-state index contributed by atoms with van der Waals surface area (Å²) in [4.78, 5) is 24.4. The van der Waals surface area contributed by atoms with Gasteiger partial charge in [0.25, 0.3) is 0 Å². The Balaban J connectivity index is 2.48. The highest BCUT2D eigenvalue weighted by Gasteiger charge is 2.39. The first-order chi connectivity index (χ1) is 9.25. The van der Waals surface area contributed by atoms with Crippen LogP contribution in [0.3, 0.4) is 0 Å². The van der Waals surface area contributed by atoms with Gasteiger partial charge in [0, 0.05) is 13.0 Å². The molecule has 1 aliphatic heterocycles. The lowest BCUT2D eigenvalue weighted by atomic mass is 10.1. The summed E-state index contributed by atoms with van der Waals surface area (Å²) >= 11 is 0. The standard InChI is InChI=1S/C13H16N4O3/c1-13(2,3)17-11(9(5-14)6-15-17)16-7-8(12(19)20)4-10(16)18/h6,8H,4,7H2,1-3H3,(H,19,20). The van der Waals surface area contributed by atoms with Gasteiger partial charge in [-0.25, -0.2) is 4.68 Å². The number of nitrogens with zero attached hydrogens (tertiary/aromatic N) is 4. The molecule has 1 amide bonds. The molecule has 0 radical (unpaired) electrons. The molecule has 1 aliphatic rings. The van der Waals surface area contributed by atoms with Crippen LogP contribution in [0.4, 0.5) is 5.82 Å². The quantitative estimate of drug-likeness (QED) is 0.866. The number of amides is 1. The Labute approximate surface area is 116 Å². The number of carboxylic acid groups (broad SMARTS) is 1. The van der Waals surface area contributed by atoms with Gasteiger partial charge in [0.1, 0.15) is 11.6 Å². The van der Waals surface area contributed by atoms with E-state index in [-0.39, 0.29) is 24.4 Å². The maximum absolute atomic E-state index is 12.0. The van der Waals surface area contributed by atoms with Gasteiger partial charge in [0.05, 0.1) is 17.7 Å². The molecule has 1 aromatic rings. The third-order valence-electron chi connectivity index (χ3n) is 3.23. The molecule has 0 spiro atoms. The highest BCUT2D eigenvalue weighted by molar-refractivity contribution is 5.99. The summed E-state index contributed by atoms with van der Waals surface area (Å²) in [5.74, 6) is -1.65. The van der Waals surface area contributed by atoms with E-state index in [4.69, 9.17) is 10.4 Å². The minimum absolute atomic E-state index is 0.0461. The number of carboxylic acids is 1. The zero-order chi connectivity index (χ0) is 15.1. The molecule has 0 bridgehead atoms. The fourth-order valence-corrected chi connectivity index (χ4v) is 2.25. The number of hydrogen-bond donors (Lipinski definition) is 1. The third-order valence-corrected chi connectivity index (χ3v) is 3.23. The number of hydrogen-bond acceptors (Lipinski definition) is 4. The van der Waals surface area contributed by atoms with E-state index in [9.17, 15) is 9.59 Å². The first kappa shape index (κ1) is 14.1. The van der Waals surface area contributed by atoms with E-state index < -0.39 is 17.4 Å². The van der Waals surface area contributed by atoms with Gasteiger partial charge in [-0.05, 0) is 20.8 Å². The summed E-state index contributed by atoms with van der Waals surface area (Å²) in [6.07, 6.45) is 1.36. The van der Waals surface area contributed by atoms with Crippen LogP contribution in [0.25, 0.3) is 0 Å². The molecule has 1 aromatic heterocycles. The van der Waals surface area contributed by atoms with Gasteiger partial charge in [0.2, 0.25) is 5.91 Å². The SMILES string of the molecule is CC(C)(C)n1ncc(C#N)c1N1CC(C(=O)O)CC1=O. The molecule has 1 unspecified atom stereocenters. The van der Waals surface area contributed by atoms with Crippen molar-refractivity contribution in [3.05, 3.63) is 11.8 Å². The van der Waals surface area contributed by atoms with E-state index in [1.54, 1.807) is 4.68 Å². The van der Waals surface area contributed by atoms with Crippen molar-refractivity contribution >= 4 is 17.7 Å². The fraction of sp³-hybridized carbons (Fsp3) is 0.538. The molecule has 1 atom stereocenters. The third kappa shape index (κ3) is 2.25. The molecule has 2 rings (SSSR count). The minimum atomic E-state index is -0.999. The number of aromatic nitrogens is 2. The van der Waals surface area contributed by atoms with Gasteiger partial charge in [0.15, 0.2) is 5.82 Å². The van der Waals surface area contributed by atoms with Crippen LogP contribution in [-0.4, -0.2) is 33.3 Å². The average Bonchev–Trinajstić information content (AvgIpc) is 2.90. The highest BCUT2D eigenvalue weighted by Crippen LogP contribution is 2.31. The normalized spacial score (nSPS) is 19.2. The molecule has 106 valence electrons. The molecule has 1 fully saturated rings. The average molecular weight is 276 g/mol. The number of anilines is 1. The molecule has 0 aliphatic carbocycles. The molecule has 0 saturated carbocycles. The van der Waals surface area contributed by atoms with E-state index in [0.717, 1.165) is 0 Å². The lowest BCUT2D eigenvalue weighted by molar-refractivity contribution is -0.141. The van der Waals surface area contributed by atoms with Crippen LogP contribution in [0.2, 0.25) is 0 Å². The molecule has 0 aromatic carbocycles. The molecule has 20 heavy (non-hydrogen) atoms. The van der Waals surface area contributed by atoms with Crippen LogP contribution in [0.5, 0.6) is 0 Å². The number of rotatable bonds is 2. The van der Waals surface area contributed by atoms with Crippen LogP contribution in [0.15, 0.2) is 6.20 Å². The fourth-order valence-electron chi connectivity index (χ4n) is 2.25. The Bertz CT molecular complexity index is 606.